The van der Waals surface area contributed by atoms with Crippen LogP contribution in [0.1, 0.15) is 61.1 Å². The molecule has 0 radical (unpaired) electrons. The lowest BCUT2D eigenvalue weighted by Crippen LogP contribution is -2.46. The smallest absolute Gasteiger partial charge is 0.417 e. The van der Waals surface area contributed by atoms with E-state index >= 15 is 0 Å². The van der Waals surface area contributed by atoms with Gasteiger partial charge in [-0.25, -0.2) is 14.5 Å². The third-order valence-electron chi connectivity index (χ3n) is 5.25. The second-order valence-corrected chi connectivity index (χ2v) is 7.85. The zero-order valence-corrected chi connectivity index (χ0v) is 18.1. The maximum atomic E-state index is 12.9. The van der Waals surface area contributed by atoms with Crippen molar-refractivity contribution in [2.24, 2.45) is 0 Å². The van der Waals surface area contributed by atoms with E-state index in [1.54, 1.807) is 11.8 Å². The number of amides is 2. The molecule has 1 N–H and O–H groups in total. The van der Waals surface area contributed by atoms with Crippen molar-refractivity contribution in [3.8, 4) is 5.82 Å². The number of hydrogen-bond acceptors (Lipinski definition) is 5. The molecule has 0 aromatic carbocycles. The fourth-order valence-corrected chi connectivity index (χ4v) is 3.63. The molecule has 174 valence electrons. The Labute approximate surface area is 183 Å². The van der Waals surface area contributed by atoms with E-state index in [4.69, 9.17) is 4.74 Å². The summed E-state index contributed by atoms with van der Waals surface area (Å²) in [6.45, 7) is 6.76. The number of carbonyl (C=O) groups excluding carboxylic acids is 2. The highest BCUT2D eigenvalue weighted by Crippen LogP contribution is 2.29. The van der Waals surface area contributed by atoms with Crippen molar-refractivity contribution in [3.63, 3.8) is 0 Å². The summed E-state index contributed by atoms with van der Waals surface area (Å²) in [5, 5.41) is 7.19. The van der Waals surface area contributed by atoms with Crippen molar-refractivity contribution >= 4 is 12.0 Å². The molecule has 11 heteroatoms. The molecule has 1 saturated heterocycles. The Morgan fingerprint density at radius 2 is 1.91 bits per heavy atom. The molecule has 1 fully saturated rings. The standard InChI is InChI=1S/C21H26F3N5O3/c1-4-32-20(31)28-9-7-15(8-10-28)27-19(30)16-12-26-29(18(16)13(2)3)17-6-5-14(11-25-17)21(22,23)24/h5-6,11-13,15H,4,7-10H2,1-3H3,(H,27,30). The average Bonchev–Trinajstić information content (AvgIpc) is 3.19. The van der Waals surface area contributed by atoms with Crippen molar-refractivity contribution in [1.29, 1.82) is 0 Å². The number of ether oxygens (including phenoxy) is 1. The number of carbonyl (C=O) groups is 2. The van der Waals surface area contributed by atoms with Gasteiger partial charge in [0, 0.05) is 25.3 Å². The second kappa shape index (κ2) is 9.58. The van der Waals surface area contributed by atoms with Crippen LogP contribution >= 0.6 is 0 Å². The van der Waals surface area contributed by atoms with Crippen LogP contribution in [-0.4, -0.2) is 57.4 Å². The number of piperidine rings is 1. The summed E-state index contributed by atoms with van der Waals surface area (Å²) in [5.41, 5.74) is 0.0415. The van der Waals surface area contributed by atoms with Gasteiger partial charge in [-0.05, 0) is 37.8 Å². The summed E-state index contributed by atoms with van der Waals surface area (Å²) in [5.74, 6) is -0.252. The summed E-state index contributed by atoms with van der Waals surface area (Å²) in [7, 11) is 0. The number of pyridine rings is 1. The Morgan fingerprint density at radius 1 is 1.22 bits per heavy atom. The summed E-state index contributed by atoms with van der Waals surface area (Å²) < 4.78 is 44.9. The molecular weight excluding hydrogens is 427 g/mol. The number of nitrogens with zero attached hydrogens (tertiary/aromatic N) is 4. The van der Waals surface area contributed by atoms with Gasteiger partial charge in [0.25, 0.3) is 5.91 Å². The molecular formula is C21H26F3N5O3. The number of aromatic nitrogens is 3. The number of likely N-dealkylation sites (tertiary alicyclic amines) is 1. The average molecular weight is 453 g/mol. The van der Waals surface area contributed by atoms with Crippen LogP contribution in [0, 0.1) is 0 Å². The van der Waals surface area contributed by atoms with Crippen LogP contribution in [0.3, 0.4) is 0 Å². The van der Waals surface area contributed by atoms with Crippen LogP contribution in [0.2, 0.25) is 0 Å². The monoisotopic (exact) mass is 453 g/mol. The summed E-state index contributed by atoms with van der Waals surface area (Å²) >= 11 is 0. The van der Waals surface area contributed by atoms with Gasteiger partial charge in [0.1, 0.15) is 0 Å². The van der Waals surface area contributed by atoms with Crippen LogP contribution in [0.5, 0.6) is 0 Å². The Morgan fingerprint density at radius 3 is 2.44 bits per heavy atom. The topological polar surface area (TPSA) is 89.4 Å². The van der Waals surface area contributed by atoms with Gasteiger partial charge in [-0.15, -0.1) is 0 Å². The highest BCUT2D eigenvalue weighted by atomic mass is 19.4. The number of alkyl halides is 3. The highest BCUT2D eigenvalue weighted by Gasteiger charge is 2.31. The summed E-state index contributed by atoms with van der Waals surface area (Å²) in [6, 6.07) is 2.06. The predicted octanol–water partition coefficient (Wildman–Crippen LogP) is 3.76. The zero-order chi connectivity index (χ0) is 23.5. The lowest BCUT2D eigenvalue weighted by Gasteiger charge is -2.31. The molecule has 0 saturated carbocycles. The maximum Gasteiger partial charge on any atom is 0.417 e. The molecule has 0 atom stereocenters. The molecule has 0 aliphatic carbocycles. The van der Waals surface area contributed by atoms with Crippen LogP contribution in [0.25, 0.3) is 5.82 Å². The van der Waals surface area contributed by atoms with E-state index in [9.17, 15) is 22.8 Å². The first-order chi connectivity index (χ1) is 15.1. The zero-order valence-electron chi connectivity index (χ0n) is 18.1. The molecule has 1 aliphatic heterocycles. The van der Waals surface area contributed by atoms with E-state index in [-0.39, 0.29) is 29.8 Å². The van der Waals surface area contributed by atoms with Crippen LogP contribution in [0.4, 0.5) is 18.0 Å². The van der Waals surface area contributed by atoms with E-state index in [0.717, 1.165) is 12.3 Å². The molecule has 0 spiro atoms. The SMILES string of the molecule is CCOC(=O)N1CCC(NC(=O)c2cnn(-c3ccc(C(F)(F)F)cn3)c2C(C)C)CC1. The molecule has 3 heterocycles. The van der Waals surface area contributed by atoms with Gasteiger partial charge >= 0.3 is 12.3 Å². The van der Waals surface area contributed by atoms with Crippen LogP contribution in [-0.2, 0) is 10.9 Å². The van der Waals surface area contributed by atoms with Crippen molar-refractivity contribution in [2.45, 2.75) is 51.7 Å². The number of halogens is 3. The molecule has 2 aromatic rings. The van der Waals surface area contributed by atoms with Crippen molar-refractivity contribution in [2.75, 3.05) is 19.7 Å². The minimum atomic E-state index is -4.48. The third-order valence-corrected chi connectivity index (χ3v) is 5.25. The Bertz CT molecular complexity index is 949. The Kier molecular flexibility index (Phi) is 7.05. The number of hydrogen-bond donors (Lipinski definition) is 1. The molecule has 0 unspecified atom stereocenters. The van der Waals surface area contributed by atoms with Gasteiger partial charge in [-0.1, -0.05) is 13.8 Å². The molecule has 1 aliphatic rings. The summed E-state index contributed by atoms with van der Waals surface area (Å²) in [6.07, 6.45) is -1.50. The number of nitrogens with one attached hydrogen (secondary N) is 1. The summed E-state index contributed by atoms with van der Waals surface area (Å²) in [4.78, 5) is 30.3. The first-order valence-electron chi connectivity index (χ1n) is 10.5. The van der Waals surface area contributed by atoms with Gasteiger partial charge in [-0.2, -0.15) is 18.3 Å². The fraction of sp³-hybridized carbons (Fsp3) is 0.524. The minimum Gasteiger partial charge on any atom is -0.450 e. The van der Waals surface area contributed by atoms with E-state index in [0.29, 0.717) is 43.8 Å². The Hall–Kier alpha value is -3.11. The van der Waals surface area contributed by atoms with Gasteiger partial charge in [0.05, 0.1) is 29.6 Å². The van der Waals surface area contributed by atoms with Gasteiger partial charge in [-0.3, -0.25) is 4.79 Å². The van der Waals surface area contributed by atoms with E-state index in [1.807, 2.05) is 13.8 Å². The van der Waals surface area contributed by atoms with Gasteiger partial charge in [0.2, 0.25) is 0 Å². The maximum absolute atomic E-state index is 12.9. The second-order valence-electron chi connectivity index (χ2n) is 7.85. The molecule has 2 amide bonds. The first kappa shape index (κ1) is 23.6. The molecule has 2 aromatic heterocycles. The Balaban J connectivity index is 1.73. The molecule has 32 heavy (non-hydrogen) atoms. The highest BCUT2D eigenvalue weighted by molar-refractivity contribution is 5.95. The van der Waals surface area contributed by atoms with Gasteiger partial charge in [0.15, 0.2) is 5.82 Å². The van der Waals surface area contributed by atoms with Crippen LogP contribution in [0.15, 0.2) is 24.5 Å². The van der Waals surface area contributed by atoms with Crippen molar-refractivity contribution in [3.05, 3.63) is 41.3 Å². The number of rotatable bonds is 5. The molecule has 8 nitrogen and oxygen atoms in total. The van der Waals surface area contributed by atoms with E-state index in [1.165, 1.54) is 16.9 Å². The largest absolute Gasteiger partial charge is 0.450 e. The molecule has 0 bridgehead atoms. The quantitative estimate of drug-likeness (QED) is 0.745. The van der Waals surface area contributed by atoms with Crippen molar-refractivity contribution < 1.29 is 27.5 Å². The van der Waals surface area contributed by atoms with Crippen LogP contribution < -0.4 is 5.32 Å². The van der Waals surface area contributed by atoms with Crippen molar-refractivity contribution in [1.82, 2.24) is 25.0 Å². The van der Waals surface area contributed by atoms with E-state index < -0.39 is 11.7 Å². The van der Waals surface area contributed by atoms with Gasteiger partial charge < -0.3 is 15.0 Å². The predicted molar refractivity (Wildman–Crippen MR) is 110 cm³/mol. The third kappa shape index (κ3) is 5.20. The minimum absolute atomic E-state index is 0.110. The fourth-order valence-electron chi connectivity index (χ4n) is 3.63. The lowest BCUT2D eigenvalue weighted by atomic mass is 10.0. The van der Waals surface area contributed by atoms with E-state index in [2.05, 4.69) is 15.4 Å². The lowest BCUT2D eigenvalue weighted by molar-refractivity contribution is -0.137. The molecule has 3 rings (SSSR count). The normalized spacial score (nSPS) is 15.2. The first-order valence-corrected chi connectivity index (χ1v) is 10.5.